The lowest BCUT2D eigenvalue weighted by Crippen LogP contribution is -2.54. The van der Waals surface area contributed by atoms with Crippen LogP contribution in [0.15, 0.2) is 0 Å². The van der Waals surface area contributed by atoms with Gasteiger partial charge in [0.2, 0.25) is 5.91 Å². The minimum Gasteiger partial charge on any atom is -0.480 e. The van der Waals surface area contributed by atoms with Gasteiger partial charge in [0.25, 0.3) is 10.2 Å². The Morgan fingerprint density at radius 2 is 2.09 bits per heavy atom. The van der Waals surface area contributed by atoms with E-state index in [1.165, 1.54) is 18.2 Å². The number of piperidine rings is 1. The molecule has 0 aromatic rings. The number of aliphatic carboxylic acids is 1. The number of rotatable bonds is 7. The Labute approximate surface area is 131 Å². The summed E-state index contributed by atoms with van der Waals surface area (Å²) in [6.07, 6.45) is 1.73. The van der Waals surface area contributed by atoms with Gasteiger partial charge in [0.05, 0.1) is 0 Å². The Hall–Kier alpha value is -1.19. The lowest BCUT2D eigenvalue weighted by molar-refractivity contribution is -0.140. The van der Waals surface area contributed by atoms with Crippen molar-refractivity contribution < 1.29 is 23.1 Å². The minimum absolute atomic E-state index is 0.0692. The van der Waals surface area contributed by atoms with Gasteiger partial charge in [-0.1, -0.05) is 6.92 Å². The molecule has 0 bridgehead atoms. The zero-order chi connectivity index (χ0) is 16.9. The SMILES string of the molecule is CC(=O)NCCN(C(C)C(=O)O)S(=O)(=O)N1CCCC(C)C1. The number of hydrogen-bond acceptors (Lipinski definition) is 4. The standard InChI is InChI=1S/C13H25N3O5S/c1-10-5-4-7-15(9-10)22(20,21)16(11(2)13(18)19)8-6-14-12(3)17/h10-11H,4-9H2,1-3H3,(H,14,17)(H,18,19). The highest BCUT2D eigenvalue weighted by molar-refractivity contribution is 7.86. The van der Waals surface area contributed by atoms with E-state index in [-0.39, 0.29) is 24.9 Å². The molecule has 128 valence electrons. The molecule has 1 heterocycles. The van der Waals surface area contributed by atoms with Crippen LogP contribution in [-0.2, 0) is 19.8 Å². The molecule has 1 saturated heterocycles. The van der Waals surface area contributed by atoms with E-state index in [0.29, 0.717) is 13.1 Å². The first kappa shape index (κ1) is 18.9. The number of carboxylic acids is 1. The summed E-state index contributed by atoms with van der Waals surface area (Å²) in [6.45, 7) is 5.44. The zero-order valence-corrected chi connectivity index (χ0v) is 14.1. The molecular weight excluding hydrogens is 310 g/mol. The molecule has 1 aliphatic heterocycles. The van der Waals surface area contributed by atoms with E-state index >= 15 is 0 Å². The smallest absolute Gasteiger partial charge is 0.321 e. The summed E-state index contributed by atoms with van der Waals surface area (Å²) < 4.78 is 27.7. The predicted molar refractivity (Wildman–Crippen MR) is 81.4 cm³/mol. The first-order valence-corrected chi connectivity index (χ1v) is 8.80. The second kappa shape index (κ2) is 7.89. The fourth-order valence-corrected chi connectivity index (χ4v) is 4.39. The molecule has 1 aliphatic rings. The van der Waals surface area contributed by atoms with Gasteiger partial charge in [0, 0.05) is 33.1 Å². The van der Waals surface area contributed by atoms with Crippen molar-refractivity contribution in [1.82, 2.24) is 13.9 Å². The Balaban J connectivity index is 2.91. The molecule has 0 aromatic heterocycles. The molecule has 0 saturated carbocycles. The summed E-state index contributed by atoms with van der Waals surface area (Å²) in [5.41, 5.74) is 0. The molecule has 22 heavy (non-hydrogen) atoms. The van der Waals surface area contributed by atoms with Gasteiger partial charge in [0.15, 0.2) is 0 Å². The van der Waals surface area contributed by atoms with Crippen LogP contribution in [0.4, 0.5) is 0 Å². The molecule has 0 spiro atoms. The maximum absolute atomic E-state index is 12.7. The van der Waals surface area contributed by atoms with Crippen LogP contribution in [0, 0.1) is 5.92 Å². The zero-order valence-electron chi connectivity index (χ0n) is 13.3. The van der Waals surface area contributed by atoms with E-state index in [2.05, 4.69) is 5.32 Å². The Morgan fingerprint density at radius 1 is 1.45 bits per heavy atom. The largest absolute Gasteiger partial charge is 0.480 e. The number of carbonyl (C=O) groups is 2. The van der Waals surface area contributed by atoms with Gasteiger partial charge in [-0.3, -0.25) is 9.59 Å². The highest BCUT2D eigenvalue weighted by Crippen LogP contribution is 2.21. The van der Waals surface area contributed by atoms with E-state index in [0.717, 1.165) is 17.1 Å². The topological polar surface area (TPSA) is 107 Å². The lowest BCUT2D eigenvalue weighted by atomic mass is 10.0. The van der Waals surface area contributed by atoms with Gasteiger partial charge >= 0.3 is 5.97 Å². The normalized spacial score (nSPS) is 21.5. The maximum atomic E-state index is 12.7. The molecule has 9 heteroatoms. The van der Waals surface area contributed by atoms with Crippen LogP contribution in [0.3, 0.4) is 0 Å². The summed E-state index contributed by atoms with van der Waals surface area (Å²) in [6, 6.07) is -1.18. The molecule has 0 aromatic carbocycles. The van der Waals surface area contributed by atoms with Crippen molar-refractivity contribution in [2.45, 2.75) is 39.7 Å². The monoisotopic (exact) mass is 335 g/mol. The average molecular weight is 335 g/mol. The van der Waals surface area contributed by atoms with Crippen LogP contribution >= 0.6 is 0 Å². The Morgan fingerprint density at radius 3 is 2.59 bits per heavy atom. The van der Waals surface area contributed by atoms with Gasteiger partial charge in [-0.05, 0) is 25.7 Å². The van der Waals surface area contributed by atoms with Crippen LogP contribution in [0.5, 0.6) is 0 Å². The van der Waals surface area contributed by atoms with E-state index in [4.69, 9.17) is 5.11 Å². The van der Waals surface area contributed by atoms with Crippen LogP contribution in [-0.4, -0.2) is 66.2 Å². The van der Waals surface area contributed by atoms with Crippen LogP contribution in [0.1, 0.15) is 33.6 Å². The molecule has 1 rings (SSSR count). The number of carbonyl (C=O) groups excluding carboxylic acids is 1. The number of nitrogens with zero attached hydrogens (tertiary/aromatic N) is 2. The van der Waals surface area contributed by atoms with E-state index in [9.17, 15) is 18.0 Å². The molecular formula is C13H25N3O5S. The molecule has 2 unspecified atom stereocenters. The van der Waals surface area contributed by atoms with E-state index in [1.807, 2.05) is 6.92 Å². The molecule has 8 nitrogen and oxygen atoms in total. The second-order valence-electron chi connectivity index (χ2n) is 5.72. The van der Waals surface area contributed by atoms with Crippen molar-refractivity contribution in [2.24, 2.45) is 5.92 Å². The second-order valence-corrected chi connectivity index (χ2v) is 7.60. The molecule has 2 atom stereocenters. The quantitative estimate of drug-likeness (QED) is 0.674. The van der Waals surface area contributed by atoms with E-state index < -0.39 is 22.2 Å². The van der Waals surface area contributed by atoms with Gasteiger partial charge in [-0.15, -0.1) is 0 Å². The third kappa shape index (κ3) is 4.92. The summed E-state index contributed by atoms with van der Waals surface area (Å²) >= 11 is 0. The predicted octanol–water partition coefficient (Wildman–Crippen LogP) is -0.126. The van der Waals surface area contributed by atoms with Crippen LogP contribution < -0.4 is 5.32 Å². The van der Waals surface area contributed by atoms with Crippen molar-refractivity contribution in [2.75, 3.05) is 26.2 Å². The molecule has 0 aliphatic carbocycles. The maximum Gasteiger partial charge on any atom is 0.321 e. The van der Waals surface area contributed by atoms with Gasteiger partial charge in [-0.2, -0.15) is 17.0 Å². The summed E-state index contributed by atoms with van der Waals surface area (Å²) in [7, 11) is -3.86. The lowest BCUT2D eigenvalue weighted by Gasteiger charge is -2.35. The van der Waals surface area contributed by atoms with Crippen LogP contribution in [0.25, 0.3) is 0 Å². The van der Waals surface area contributed by atoms with Crippen molar-refractivity contribution >= 4 is 22.1 Å². The fourth-order valence-electron chi connectivity index (χ4n) is 2.48. The Kier molecular flexibility index (Phi) is 6.76. The third-order valence-electron chi connectivity index (χ3n) is 3.74. The number of amides is 1. The highest BCUT2D eigenvalue weighted by Gasteiger charge is 2.37. The summed E-state index contributed by atoms with van der Waals surface area (Å²) in [5, 5.41) is 11.7. The molecule has 2 N–H and O–H groups in total. The van der Waals surface area contributed by atoms with Gasteiger partial charge in [0.1, 0.15) is 6.04 Å². The minimum atomic E-state index is -3.86. The first-order valence-electron chi connectivity index (χ1n) is 7.40. The van der Waals surface area contributed by atoms with E-state index in [1.54, 1.807) is 0 Å². The summed E-state index contributed by atoms with van der Waals surface area (Å²) in [4.78, 5) is 22.1. The molecule has 1 amide bonds. The Bertz CT molecular complexity index is 508. The third-order valence-corrected chi connectivity index (χ3v) is 5.81. The molecule has 1 fully saturated rings. The number of carboxylic acid groups (broad SMARTS) is 1. The van der Waals surface area contributed by atoms with Crippen LogP contribution in [0.2, 0.25) is 0 Å². The van der Waals surface area contributed by atoms with Gasteiger partial charge < -0.3 is 10.4 Å². The van der Waals surface area contributed by atoms with Crippen molar-refractivity contribution in [3.8, 4) is 0 Å². The summed E-state index contributed by atoms with van der Waals surface area (Å²) in [5.74, 6) is -1.25. The average Bonchev–Trinajstić information content (AvgIpc) is 2.42. The van der Waals surface area contributed by atoms with Crippen molar-refractivity contribution in [3.63, 3.8) is 0 Å². The highest BCUT2D eigenvalue weighted by atomic mass is 32.2. The first-order chi connectivity index (χ1) is 10.2. The van der Waals surface area contributed by atoms with Crippen molar-refractivity contribution in [3.05, 3.63) is 0 Å². The van der Waals surface area contributed by atoms with Gasteiger partial charge in [-0.25, -0.2) is 0 Å². The fraction of sp³-hybridized carbons (Fsp3) is 0.846. The van der Waals surface area contributed by atoms with Crippen molar-refractivity contribution in [1.29, 1.82) is 0 Å². The molecule has 0 radical (unpaired) electrons. The number of nitrogens with one attached hydrogen (secondary N) is 1. The number of hydrogen-bond donors (Lipinski definition) is 2.